The number of carbonyl (C=O) groups is 1. The van der Waals surface area contributed by atoms with Crippen molar-refractivity contribution >= 4 is 11.6 Å². The van der Waals surface area contributed by atoms with E-state index in [2.05, 4.69) is 16.0 Å². The summed E-state index contributed by atoms with van der Waals surface area (Å²) in [5, 5.41) is 10.3. The van der Waals surface area contributed by atoms with Crippen LogP contribution >= 0.6 is 0 Å². The van der Waals surface area contributed by atoms with Gasteiger partial charge in [-0.3, -0.25) is 4.79 Å². The molecule has 3 heterocycles. The van der Waals surface area contributed by atoms with E-state index in [0.29, 0.717) is 12.1 Å². The summed E-state index contributed by atoms with van der Waals surface area (Å²) in [6, 6.07) is 8.64. The van der Waals surface area contributed by atoms with Crippen LogP contribution < -0.4 is 16.0 Å². The van der Waals surface area contributed by atoms with Crippen LogP contribution in [0.25, 0.3) is 0 Å². The van der Waals surface area contributed by atoms with Crippen molar-refractivity contribution in [3.05, 3.63) is 29.8 Å². The molecule has 2 saturated heterocycles. The van der Waals surface area contributed by atoms with Gasteiger partial charge in [0.15, 0.2) is 0 Å². The molecule has 2 fully saturated rings. The van der Waals surface area contributed by atoms with Gasteiger partial charge in [0.1, 0.15) is 5.66 Å². The topological polar surface area (TPSA) is 53.2 Å². The number of hydrogen-bond donors (Lipinski definition) is 3. The highest BCUT2D eigenvalue weighted by molar-refractivity contribution is 6.02. The second kappa shape index (κ2) is 3.01. The van der Waals surface area contributed by atoms with Gasteiger partial charge in [-0.05, 0) is 25.0 Å². The first kappa shape index (κ1) is 9.48. The summed E-state index contributed by atoms with van der Waals surface area (Å²) in [5.41, 5.74) is 1.46. The van der Waals surface area contributed by atoms with Crippen molar-refractivity contribution in [2.24, 2.45) is 0 Å². The van der Waals surface area contributed by atoms with Crippen LogP contribution in [0, 0.1) is 0 Å². The van der Waals surface area contributed by atoms with E-state index in [1.54, 1.807) is 0 Å². The zero-order valence-electron chi connectivity index (χ0n) is 9.49. The number of para-hydroxylation sites is 1. The number of carbonyl (C=O) groups excluding carboxylic acids is 1. The molecule has 1 aromatic rings. The molecule has 3 aliphatic rings. The Kier molecular flexibility index (Phi) is 1.68. The SMILES string of the molecule is O=C1N[C@@]2(C[C@H]3CC[C@H]2N3)Nc2ccccc21. The van der Waals surface area contributed by atoms with Crippen LogP contribution in [-0.2, 0) is 0 Å². The first-order valence-electron chi connectivity index (χ1n) is 6.23. The third-order valence-corrected chi connectivity index (χ3v) is 4.27. The van der Waals surface area contributed by atoms with Crippen LogP contribution in [-0.4, -0.2) is 23.7 Å². The average Bonchev–Trinajstić information content (AvgIpc) is 2.89. The van der Waals surface area contributed by atoms with Gasteiger partial charge in [0, 0.05) is 24.2 Å². The molecule has 88 valence electrons. The van der Waals surface area contributed by atoms with E-state index >= 15 is 0 Å². The Morgan fingerprint density at radius 2 is 2.06 bits per heavy atom. The Balaban J connectivity index is 1.77. The second-order valence-electron chi connectivity index (χ2n) is 5.29. The van der Waals surface area contributed by atoms with E-state index in [-0.39, 0.29) is 11.6 Å². The molecule has 0 aromatic heterocycles. The lowest BCUT2D eigenvalue weighted by Crippen LogP contribution is -2.63. The average molecular weight is 229 g/mol. The van der Waals surface area contributed by atoms with Gasteiger partial charge in [-0.2, -0.15) is 0 Å². The molecule has 3 N–H and O–H groups in total. The molecule has 2 bridgehead atoms. The van der Waals surface area contributed by atoms with E-state index in [4.69, 9.17) is 0 Å². The number of amides is 1. The van der Waals surface area contributed by atoms with Crippen molar-refractivity contribution < 1.29 is 4.79 Å². The summed E-state index contributed by atoms with van der Waals surface area (Å²) < 4.78 is 0. The maximum atomic E-state index is 12.1. The number of rotatable bonds is 0. The number of anilines is 1. The van der Waals surface area contributed by atoms with Crippen LogP contribution in [0.4, 0.5) is 5.69 Å². The van der Waals surface area contributed by atoms with Gasteiger partial charge in [0.25, 0.3) is 5.91 Å². The van der Waals surface area contributed by atoms with E-state index < -0.39 is 0 Å². The summed E-state index contributed by atoms with van der Waals surface area (Å²) in [4.78, 5) is 12.1. The van der Waals surface area contributed by atoms with E-state index in [9.17, 15) is 4.79 Å². The number of hydrogen-bond acceptors (Lipinski definition) is 3. The standard InChI is InChI=1S/C13H15N3O/c17-12-9-3-1-2-4-10(9)15-13(16-12)7-8-5-6-11(13)14-8/h1-4,8,11,14-15H,5-7H2,(H,16,17)/t8-,11-,13-/m1/s1. The lowest BCUT2D eigenvalue weighted by molar-refractivity contribution is 0.0885. The lowest BCUT2D eigenvalue weighted by atomic mass is 9.86. The van der Waals surface area contributed by atoms with Gasteiger partial charge in [0.05, 0.1) is 5.56 Å². The zero-order valence-corrected chi connectivity index (χ0v) is 9.49. The first-order valence-corrected chi connectivity index (χ1v) is 6.23. The highest BCUT2D eigenvalue weighted by atomic mass is 16.2. The molecule has 1 amide bonds. The molecule has 4 heteroatoms. The Morgan fingerprint density at radius 1 is 1.18 bits per heavy atom. The van der Waals surface area contributed by atoms with Crippen LogP contribution in [0.3, 0.4) is 0 Å². The number of fused-ring (bicyclic) bond motifs is 4. The Bertz CT molecular complexity index is 501. The Hall–Kier alpha value is -1.55. The molecule has 17 heavy (non-hydrogen) atoms. The molecule has 0 aliphatic carbocycles. The molecule has 3 atom stereocenters. The van der Waals surface area contributed by atoms with Crippen molar-refractivity contribution in [1.29, 1.82) is 0 Å². The molecule has 1 spiro atoms. The van der Waals surface area contributed by atoms with Crippen molar-refractivity contribution in [1.82, 2.24) is 10.6 Å². The molecule has 0 unspecified atom stereocenters. The molecule has 0 radical (unpaired) electrons. The number of nitrogens with one attached hydrogen (secondary N) is 3. The van der Waals surface area contributed by atoms with Crippen LogP contribution in [0.1, 0.15) is 29.6 Å². The lowest BCUT2D eigenvalue weighted by Gasteiger charge is -2.42. The van der Waals surface area contributed by atoms with E-state index in [1.165, 1.54) is 6.42 Å². The molecule has 4 nitrogen and oxygen atoms in total. The summed E-state index contributed by atoms with van der Waals surface area (Å²) in [6.45, 7) is 0. The molecule has 3 aliphatic heterocycles. The third-order valence-electron chi connectivity index (χ3n) is 4.27. The largest absolute Gasteiger partial charge is 0.361 e. The summed E-state index contributed by atoms with van der Waals surface area (Å²) >= 11 is 0. The van der Waals surface area contributed by atoms with Gasteiger partial charge in [-0.25, -0.2) is 0 Å². The fourth-order valence-electron chi connectivity index (χ4n) is 3.51. The quantitative estimate of drug-likeness (QED) is 0.623. The maximum Gasteiger partial charge on any atom is 0.255 e. The summed E-state index contributed by atoms with van der Waals surface area (Å²) in [7, 11) is 0. The number of benzene rings is 1. The minimum absolute atomic E-state index is 0.0497. The maximum absolute atomic E-state index is 12.1. The minimum atomic E-state index is -0.256. The van der Waals surface area contributed by atoms with Crippen LogP contribution in [0.5, 0.6) is 0 Å². The fraction of sp³-hybridized carbons (Fsp3) is 0.462. The Morgan fingerprint density at radius 3 is 2.82 bits per heavy atom. The predicted molar refractivity (Wildman–Crippen MR) is 64.8 cm³/mol. The smallest absolute Gasteiger partial charge is 0.255 e. The normalized spacial score (nSPS) is 37.8. The summed E-state index contributed by atoms with van der Waals surface area (Å²) in [5.74, 6) is 0.0497. The second-order valence-corrected chi connectivity index (χ2v) is 5.29. The third kappa shape index (κ3) is 1.19. The highest BCUT2D eigenvalue weighted by Gasteiger charge is 2.53. The van der Waals surface area contributed by atoms with Crippen molar-refractivity contribution in [2.75, 3.05) is 5.32 Å². The molecular formula is C13H15N3O. The highest BCUT2D eigenvalue weighted by Crippen LogP contribution is 2.40. The monoisotopic (exact) mass is 229 g/mol. The summed E-state index contributed by atoms with van der Waals surface area (Å²) in [6.07, 6.45) is 3.35. The predicted octanol–water partition coefficient (Wildman–Crippen LogP) is 1.06. The van der Waals surface area contributed by atoms with Gasteiger partial charge in [0.2, 0.25) is 0 Å². The van der Waals surface area contributed by atoms with E-state index in [0.717, 1.165) is 24.1 Å². The minimum Gasteiger partial charge on any atom is -0.361 e. The molecular weight excluding hydrogens is 214 g/mol. The first-order chi connectivity index (χ1) is 8.27. The van der Waals surface area contributed by atoms with Gasteiger partial charge in [-0.15, -0.1) is 0 Å². The molecule has 0 saturated carbocycles. The van der Waals surface area contributed by atoms with Crippen molar-refractivity contribution in [3.63, 3.8) is 0 Å². The fourth-order valence-corrected chi connectivity index (χ4v) is 3.51. The molecule has 1 aromatic carbocycles. The van der Waals surface area contributed by atoms with E-state index in [1.807, 2.05) is 24.3 Å². The van der Waals surface area contributed by atoms with Crippen LogP contribution in [0.15, 0.2) is 24.3 Å². The zero-order chi connectivity index (χ0) is 11.5. The van der Waals surface area contributed by atoms with Gasteiger partial charge < -0.3 is 16.0 Å². The van der Waals surface area contributed by atoms with Gasteiger partial charge in [-0.1, -0.05) is 12.1 Å². The van der Waals surface area contributed by atoms with Crippen molar-refractivity contribution in [2.45, 2.75) is 37.0 Å². The van der Waals surface area contributed by atoms with Crippen molar-refractivity contribution in [3.8, 4) is 0 Å². The molecule has 4 rings (SSSR count). The van der Waals surface area contributed by atoms with Gasteiger partial charge >= 0.3 is 0 Å². The van der Waals surface area contributed by atoms with Crippen LogP contribution in [0.2, 0.25) is 0 Å². The Labute approximate surface area is 99.8 Å².